The molecule has 2 aromatic carbocycles. The highest BCUT2D eigenvalue weighted by Crippen LogP contribution is 2.46. The van der Waals surface area contributed by atoms with Gasteiger partial charge in [-0.1, -0.05) is 0 Å². The SMILES string of the molecule is CCOP(C)(=O)Cc1csc(NC(=O)c2cc(Oc3ccc(S(C)(=O)=O)cc3)cc(C(=O)N3CCCC3)c2)n1. The Hall–Kier alpha value is -3.05. The minimum atomic E-state index is -3.37. The van der Waals surface area contributed by atoms with Gasteiger partial charge in [-0.3, -0.25) is 19.5 Å². The van der Waals surface area contributed by atoms with Gasteiger partial charge >= 0.3 is 0 Å². The third-order valence-corrected chi connectivity index (χ3v) is 9.56. The first kappa shape index (κ1) is 28.9. The topological polar surface area (TPSA) is 132 Å². The number of nitrogens with one attached hydrogen (secondary N) is 1. The molecule has 1 N–H and O–H groups in total. The van der Waals surface area contributed by atoms with Crippen molar-refractivity contribution in [3.8, 4) is 11.5 Å². The van der Waals surface area contributed by atoms with E-state index in [0.717, 1.165) is 19.1 Å². The van der Waals surface area contributed by atoms with Crippen LogP contribution in [0.5, 0.6) is 11.5 Å². The smallest absolute Gasteiger partial charge is 0.257 e. The predicted molar refractivity (Wildman–Crippen MR) is 150 cm³/mol. The lowest BCUT2D eigenvalue weighted by Crippen LogP contribution is -2.28. The maximum Gasteiger partial charge on any atom is 0.257 e. The summed E-state index contributed by atoms with van der Waals surface area (Å²) >= 11 is 1.20. The number of ether oxygens (including phenoxy) is 1. The van der Waals surface area contributed by atoms with Crippen molar-refractivity contribution in [2.24, 2.45) is 0 Å². The van der Waals surface area contributed by atoms with Crippen LogP contribution in [0, 0.1) is 0 Å². The van der Waals surface area contributed by atoms with E-state index in [1.807, 2.05) is 0 Å². The fourth-order valence-electron chi connectivity index (χ4n) is 4.13. The molecular formula is C26H30N3O7PS2. The molecule has 2 amide bonds. The van der Waals surface area contributed by atoms with Gasteiger partial charge in [-0.25, -0.2) is 13.4 Å². The van der Waals surface area contributed by atoms with Gasteiger partial charge in [0.1, 0.15) is 11.5 Å². The molecular weight excluding hydrogens is 561 g/mol. The van der Waals surface area contributed by atoms with E-state index >= 15 is 0 Å². The zero-order valence-electron chi connectivity index (χ0n) is 21.9. The van der Waals surface area contributed by atoms with Crippen LogP contribution in [0.1, 0.15) is 46.2 Å². The maximum absolute atomic E-state index is 13.2. The highest BCUT2D eigenvalue weighted by atomic mass is 32.2. The number of carbonyl (C=O) groups is 2. The number of aromatic nitrogens is 1. The van der Waals surface area contributed by atoms with Crippen molar-refractivity contribution < 1.29 is 31.8 Å². The minimum Gasteiger partial charge on any atom is -0.457 e. The molecule has 1 fully saturated rings. The second-order valence-electron chi connectivity index (χ2n) is 9.28. The molecule has 208 valence electrons. The van der Waals surface area contributed by atoms with Gasteiger partial charge in [0.15, 0.2) is 15.0 Å². The van der Waals surface area contributed by atoms with Gasteiger partial charge in [0.25, 0.3) is 11.8 Å². The summed E-state index contributed by atoms with van der Waals surface area (Å²) in [5, 5.41) is 4.77. The first-order chi connectivity index (χ1) is 18.4. The Kier molecular flexibility index (Phi) is 8.90. The van der Waals surface area contributed by atoms with E-state index in [1.54, 1.807) is 29.9 Å². The molecule has 0 saturated carbocycles. The predicted octanol–water partition coefficient (Wildman–Crippen LogP) is 5.27. The molecule has 1 aliphatic rings. The van der Waals surface area contributed by atoms with Crippen molar-refractivity contribution in [3.63, 3.8) is 0 Å². The van der Waals surface area contributed by atoms with Crippen molar-refractivity contribution in [2.75, 3.05) is 37.9 Å². The second-order valence-corrected chi connectivity index (χ2v) is 14.8. The Bertz CT molecular complexity index is 1510. The van der Waals surface area contributed by atoms with E-state index in [-0.39, 0.29) is 28.3 Å². The summed E-state index contributed by atoms with van der Waals surface area (Å²) in [7, 11) is -6.20. The summed E-state index contributed by atoms with van der Waals surface area (Å²) in [6, 6.07) is 10.5. The number of likely N-dealkylation sites (tertiary alicyclic amines) is 1. The zero-order valence-corrected chi connectivity index (χ0v) is 24.4. The lowest BCUT2D eigenvalue weighted by atomic mass is 10.1. The highest BCUT2D eigenvalue weighted by molar-refractivity contribution is 7.90. The number of amides is 2. The molecule has 1 aromatic heterocycles. The average molecular weight is 592 g/mol. The molecule has 1 aliphatic heterocycles. The number of carbonyl (C=O) groups excluding carboxylic acids is 2. The fraction of sp³-hybridized carbons (Fsp3) is 0.346. The van der Waals surface area contributed by atoms with Crippen molar-refractivity contribution in [1.82, 2.24) is 9.88 Å². The van der Waals surface area contributed by atoms with Gasteiger partial charge in [-0.2, -0.15) is 0 Å². The summed E-state index contributed by atoms with van der Waals surface area (Å²) in [5.41, 5.74) is 1.04. The third kappa shape index (κ3) is 7.76. The first-order valence-electron chi connectivity index (χ1n) is 12.3. The van der Waals surface area contributed by atoms with Gasteiger partial charge in [-0.15, -0.1) is 11.3 Å². The average Bonchev–Trinajstić information content (AvgIpc) is 3.55. The van der Waals surface area contributed by atoms with E-state index in [0.29, 0.717) is 41.8 Å². The monoisotopic (exact) mass is 591 g/mol. The number of rotatable bonds is 10. The quantitative estimate of drug-likeness (QED) is 0.316. The van der Waals surface area contributed by atoms with Crippen molar-refractivity contribution in [3.05, 3.63) is 64.7 Å². The van der Waals surface area contributed by atoms with Crippen LogP contribution in [0.2, 0.25) is 0 Å². The molecule has 13 heteroatoms. The van der Waals surface area contributed by atoms with E-state index in [2.05, 4.69) is 10.3 Å². The normalized spacial score (nSPS) is 15.1. The molecule has 0 aliphatic carbocycles. The van der Waals surface area contributed by atoms with E-state index in [4.69, 9.17) is 9.26 Å². The summed E-state index contributed by atoms with van der Waals surface area (Å²) in [6.45, 7) is 4.94. The van der Waals surface area contributed by atoms with Gasteiger partial charge < -0.3 is 14.2 Å². The molecule has 1 unspecified atom stereocenters. The Morgan fingerprint density at radius 3 is 2.38 bits per heavy atom. The third-order valence-electron chi connectivity index (χ3n) is 5.92. The van der Waals surface area contributed by atoms with Crippen LogP contribution < -0.4 is 10.1 Å². The second kappa shape index (κ2) is 12.0. The summed E-state index contributed by atoms with van der Waals surface area (Å²) in [4.78, 5) is 32.6. The number of nitrogens with zero attached hydrogens (tertiary/aromatic N) is 2. The van der Waals surface area contributed by atoms with Gasteiger partial charge in [0, 0.05) is 42.5 Å². The van der Waals surface area contributed by atoms with Crippen molar-refractivity contribution in [1.29, 1.82) is 0 Å². The van der Waals surface area contributed by atoms with Crippen LogP contribution in [0.3, 0.4) is 0 Å². The van der Waals surface area contributed by atoms with Crippen molar-refractivity contribution >= 4 is 45.5 Å². The van der Waals surface area contributed by atoms with E-state index < -0.39 is 23.1 Å². The number of hydrogen-bond donors (Lipinski definition) is 1. The molecule has 0 spiro atoms. The molecule has 3 aromatic rings. The van der Waals surface area contributed by atoms with Gasteiger partial charge in [-0.05, 0) is 62.2 Å². The maximum atomic E-state index is 13.2. The Morgan fingerprint density at radius 1 is 1.08 bits per heavy atom. The lowest BCUT2D eigenvalue weighted by Gasteiger charge is -2.17. The molecule has 0 radical (unpaired) electrons. The van der Waals surface area contributed by atoms with Crippen LogP contribution in [0.25, 0.3) is 0 Å². The largest absolute Gasteiger partial charge is 0.457 e. The molecule has 0 bridgehead atoms. The molecule has 4 rings (SSSR count). The molecule has 10 nitrogen and oxygen atoms in total. The van der Waals surface area contributed by atoms with E-state index in [1.165, 1.54) is 47.7 Å². The molecule has 1 atom stereocenters. The number of anilines is 1. The van der Waals surface area contributed by atoms with Crippen LogP contribution in [-0.2, 0) is 25.1 Å². The highest BCUT2D eigenvalue weighted by Gasteiger charge is 2.23. The standard InChI is InChI=1S/C26H30N3O7PS2/c1-4-35-37(2,32)16-20-17-38-26(27-20)28-24(30)18-13-19(25(31)29-11-5-6-12-29)15-22(14-18)36-21-7-9-23(10-8-21)39(3,33)34/h7-10,13-15,17H,4-6,11-12,16H2,1-3H3,(H,27,28,30). The Labute approximate surface area is 231 Å². The number of sulfone groups is 1. The van der Waals surface area contributed by atoms with Crippen LogP contribution in [0.15, 0.2) is 52.7 Å². The van der Waals surface area contributed by atoms with Crippen molar-refractivity contribution in [2.45, 2.75) is 30.8 Å². The number of benzene rings is 2. The molecule has 1 saturated heterocycles. The Balaban J connectivity index is 1.58. The van der Waals surface area contributed by atoms with Gasteiger partial charge in [0.05, 0.1) is 23.4 Å². The van der Waals surface area contributed by atoms with E-state index in [9.17, 15) is 22.6 Å². The van der Waals surface area contributed by atoms with Crippen LogP contribution >= 0.6 is 18.7 Å². The van der Waals surface area contributed by atoms with Crippen LogP contribution in [0.4, 0.5) is 5.13 Å². The first-order valence-corrected chi connectivity index (χ1v) is 17.4. The summed E-state index contributed by atoms with van der Waals surface area (Å²) in [6.07, 6.45) is 3.11. The molecule has 2 heterocycles. The zero-order chi connectivity index (χ0) is 28.2. The molecule has 39 heavy (non-hydrogen) atoms. The van der Waals surface area contributed by atoms with Crippen LogP contribution in [-0.4, -0.2) is 62.7 Å². The summed E-state index contributed by atoms with van der Waals surface area (Å²) in [5.74, 6) is -0.0949. The fourth-order valence-corrected chi connectivity index (χ4v) is 6.97. The minimum absolute atomic E-state index is 0.149. The lowest BCUT2D eigenvalue weighted by molar-refractivity contribution is 0.0792. The number of thiazole rings is 1. The van der Waals surface area contributed by atoms with Gasteiger partial charge in [0.2, 0.25) is 7.37 Å². The Morgan fingerprint density at radius 2 is 1.74 bits per heavy atom. The summed E-state index contributed by atoms with van der Waals surface area (Å²) < 4.78 is 47.2. The number of hydrogen-bond acceptors (Lipinski definition) is 9.